The summed E-state index contributed by atoms with van der Waals surface area (Å²) in [7, 11) is 3.78. The summed E-state index contributed by atoms with van der Waals surface area (Å²) in [6, 6.07) is 2.08. The molecule has 1 fully saturated rings. The summed E-state index contributed by atoms with van der Waals surface area (Å²) >= 11 is 0. The van der Waals surface area contributed by atoms with E-state index in [9.17, 15) is 0 Å². The molecule has 4 nitrogen and oxygen atoms in total. The van der Waals surface area contributed by atoms with Gasteiger partial charge in [0.15, 0.2) is 0 Å². The molecular formula is C13H23N3O. The number of aryl methyl sites for hydroxylation is 1. The summed E-state index contributed by atoms with van der Waals surface area (Å²) < 4.78 is 7.10. The van der Waals surface area contributed by atoms with E-state index in [4.69, 9.17) is 4.74 Å². The Morgan fingerprint density at radius 2 is 2.35 bits per heavy atom. The van der Waals surface area contributed by atoms with Gasteiger partial charge in [-0.3, -0.25) is 4.68 Å². The predicted octanol–water partition coefficient (Wildman–Crippen LogP) is 1.37. The molecule has 1 aliphatic rings. The lowest BCUT2D eigenvalue weighted by molar-refractivity contribution is 0.171. The fraction of sp³-hybridized carbons (Fsp3) is 0.769. The summed E-state index contributed by atoms with van der Waals surface area (Å²) in [5.74, 6) is 0. The van der Waals surface area contributed by atoms with Gasteiger partial charge in [0.2, 0.25) is 0 Å². The molecule has 0 radical (unpaired) electrons. The second kappa shape index (κ2) is 5.65. The van der Waals surface area contributed by atoms with Gasteiger partial charge in [-0.25, -0.2) is 0 Å². The second-order valence-corrected chi connectivity index (χ2v) is 5.12. The second-order valence-electron chi connectivity index (χ2n) is 5.12. The summed E-state index contributed by atoms with van der Waals surface area (Å²) in [6.07, 6.45) is 6.82. The van der Waals surface area contributed by atoms with Gasteiger partial charge in [0.05, 0.1) is 0 Å². The lowest BCUT2D eigenvalue weighted by Crippen LogP contribution is -2.27. The van der Waals surface area contributed by atoms with Crippen LogP contribution in [0.2, 0.25) is 0 Å². The smallest absolute Gasteiger partial charge is 0.0492 e. The molecule has 17 heavy (non-hydrogen) atoms. The molecule has 1 saturated carbocycles. The van der Waals surface area contributed by atoms with Gasteiger partial charge in [0.1, 0.15) is 0 Å². The van der Waals surface area contributed by atoms with E-state index in [0.29, 0.717) is 5.41 Å². The molecule has 1 heterocycles. The lowest BCUT2D eigenvalue weighted by atomic mass is 10.0. The Hall–Kier alpha value is -0.870. The highest BCUT2D eigenvalue weighted by Gasteiger charge is 2.41. The monoisotopic (exact) mass is 237 g/mol. The Balaban J connectivity index is 1.62. The minimum Gasteiger partial charge on any atom is -0.385 e. The maximum Gasteiger partial charge on any atom is 0.0492 e. The number of nitrogens with zero attached hydrogens (tertiary/aromatic N) is 2. The van der Waals surface area contributed by atoms with Crippen LogP contribution in [0.15, 0.2) is 12.3 Å². The van der Waals surface area contributed by atoms with E-state index in [1.54, 1.807) is 7.11 Å². The Kier molecular flexibility index (Phi) is 4.18. The third-order valence-electron chi connectivity index (χ3n) is 3.77. The van der Waals surface area contributed by atoms with Gasteiger partial charge >= 0.3 is 0 Å². The molecule has 0 spiro atoms. The van der Waals surface area contributed by atoms with Crippen LogP contribution in [-0.2, 0) is 18.2 Å². The molecule has 0 bridgehead atoms. The molecular weight excluding hydrogens is 214 g/mol. The largest absolute Gasteiger partial charge is 0.385 e. The van der Waals surface area contributed by atoms with Gasteiger partial charge in [-0.2, -0.15) is 5.10 Å². The third kappa shape index (κ3) is 3.54. The van der Waals surface area contributed by atoms with Crippen molar-refractivity contribution in [2.24, 2.45) is 12.5 Å². The van der Waals surface area contributed by atoms with Crippen molar-refractivity contribution in [1.82, 2.24) is 15.1 Å². The molecule has 1 aromatic rings. The predicted molar refractivity (Wildman–Crippen MR) is 67.9 cm³/mol. The molecule has 1 aliphatic carbocycles. The molecule has 0 amide bonds. The number of rotatable bonds is 8. The van der Waals surface area contributed by atoms with Crippen LogP contribution in [0, 0.1) is 5.41 Å². The number of ether oxygens (including phenoxy) is 1. The quantitative estimate of drug-likeness (QED) is 0.694. The molecule has 0 saturated heterocycles. The minimum atomic E-state index is 0.544. The minimum absolute atomic E-state index is 0.544. The van der Waals surface area contributed by atoms with Crippen molar-refractivity contribution in [3.63, 3.8) is 0 Å². The van der Waals surface area contributed by atoms with Crippen molar-refractivity contribution in [2.75, 3.05) is 26.8 Å². The Bertz CT molecular complexity index is 344. The number of aromatic nitrogens is 2. The third-order valence-corrected chi connectivity index (χ3v) is 3.77. The average Bonchev–Trinajstić information content (AvgIpc) is 2.99. The van der Waals surface area contributed by atoms with E-state index >= 15 is 0 Å². The summed E-state index contributed by atoms with van der Waals surface area (Å²) in [5, 5.41) is 7.74. The zero-order valence-corrected chi connectivity index (χ0v) is 10.9. The van der Waals surface area contributed by atoms with Crippen molar-refractivity contribution in [3.05, 3.63) is 18.0 Å². The zero-order chi connectivity index (χ0) is 12.1. The molecule has 2 rings (SSSR count). The van der Waals surface area contributed by atoms with Gasteiger partial charge < -0.3 is 10.1 Å². The van der Waals surface area contributed by atoms with Crippen molar-refractivity contribution in [2.45, 2.75) is 25.7 Å². The molecule has 1 aromatic heterocycles. The van der Waals surface area contributed by atoms with Crippen LogP contribution in [0.4, 0.5) is 0 Å². The maximum atomic E-state index is 5.16. The number of hydrogen-bond donors (Lipinski definition) is 1. The Labute approximate surface area is 103 Å². The highest BCUT2D eigenvalue weighted by atomic mass is 16.5. The van der Waals surface area contributed by atoms with E-state index in [1.807, 2.05) is 17.9 Å². The first-order valence-corrected chi connectivity index (χ1v) is 6.42. The van der Waals surface area contributed by atoms with Crippen LogP contribution in [0.5, 0.6) is 0 Å². The van der Waals surface area contributed by atoms with Gasteiger partial charge in [-0.15, -0.1) is 0 Å². The van der Waals surface area contributed by atoms with Crippen LogP contribution in [0.1, 0.15) is 25.0 Å². The fourth-order valence-electron chi connectivity index (χ4n) is 2.23. The fourth-order valence-corrected chi connectivity index (χ4v) is 2.23. The summed E-state index contributed by atoms with van der Waals surface area (Å²) in [5.41, 5.74) is 1.84. The molecule has 4 heteroatoms. The number of hydrogen-bond acceptors (Lipinski definition) is 3. The highest BCUT2D eigenvalue weighted by Crippen LogP contribution is 2.48. The Morgan fingerprint density at radius 3 is 2.94 bits per heavy atom. The van der Waals surface area contributed by atoms with Crippen molar-refractivity contribution in [1.29, 1.82) is 0 Å². The van der Waals surface area contributed by atoms with Crippen LogP contribution in [0.3, 0.4) is 0 Å². The molecule has 0 aliphatic heterocycles. The topological polar surface area (TPSA) is 39.1 Å². The van der Waals surface area contributed by atoms with E-state index in [1.165, 1.54) is 25.0 Å². The van der Waals surface area contributed by atoms with E-state index in [2.05, 4.69) is 16.5 Å². The molecule has 0 unspecified atom stereocenters. The number of nitrogens with one attached hydrogen (secondary N) is 1. The first kappa shape index (κ1) is 12.6. The molecule has 0 atom stereocenters. The first-order valence-electron chi connectivity index (χ1n) is 6.42. The van der Waals surface area contributed by atoms with Crippen LogP contribution in [0.25, 0.3) is 0 Å². The zero-order valence-electron chi connectivity index (χ0n) is 10.9. The van der Waals surface area contributed by atoms with Crippen molar-refractivity contribution < 1.29 is 4.74 Å². The number of methoxy groups -OCH3 is 1. The van der Waals surface area contributed by atoms with Gasteiger partial charge in [0.25, 0.3) is 0 Å². The molecule has 0 aromatic carbocycles. The standard InChI is InChI=1S/C13H23N3O/c1-16-12(4-9-15-16)3-8-14-11-13(5-6-13)7-10-17-2/h4,9,14H,3,5-8,10-11H2,1-2H3. The normalized spacial score (nSPS) is 17.3. The van der Waals surface area contributed by atoms with Crippen LogP contribution < -0.4 is 5.32 Å². The Morgan fingerprint density at radius 1 is 1.53 bits per heavy atom. The van der Waals surface area contributed by atoms with Gasteiger partial charge in [-0.05, 0) is 30.7 Å². The van der Waals surface area contributed by atoms with E-state index in [0.717, 1.165) is 26.1 Å². The van der Waals surface area contributed by atoms with Crippen molar-refractivity contribution >= 4 is 0 Å². The first-order chi connectivity index (χ1) is 8.26. The lowest BCUT2D eigenvalue weighted by Gasteiger charge is -2.15. The van der Waals surface area contributed by atoms with Gasteiger partial charge in [0, 0.05) is 52.2 Å². The molecule has 96 valence electrons. The summed E-state index contributed by atoms with van der Waals surface area (Å²) in [4.78, 5) is 0. The van der Waals surface area contributed by atoms with Crippen molar-refractivity contribution in [3.8, 4) is 0 Å². The van der Waals surface area contributed by atoms with Crippen LogP contribution >= 0.6 is 0 Å². The van der Waals surface area contributed by atoms with Gasteiger partial charge in [-0.1, -0.05) is 0 Å². The highest BCUT2D eigenvalue weighted by molar-refractivity contribution is 5.00. The SMILES string of the molecule is COCCC1(CNCCc2ccnn2C)CC1. The molecule has 1 N–H and O–H groups in total. The van der Waals surface area contributed by atoms with E-state index in [-0.39, 0.29) is 0 Å². The maximum absolute atomic E-state index is 5.16. The van der Waals surface area contributed by atoms with E-state index < -0.39 is 0 Å². The summed E-state index contributed by atoms with van der Waals surface area (Å²) in [6.45, 7) is 3.06. The van der Waals surface area contributed by atoms with Crippen LogP contribution in [-0.4, -0.2) is 36.6 Å². The average molecular weight is 237 g/mol.